The van der Waals surface area contributed by atoms with Gasteiger partial charge in [-0.25, -0.2) is 0 Å². The minimum Gasteiger partial charge on any atom is -0.466 e. The van der Waals surface area contributed by atoms with Gasteiger partial charge >= 0.3 is 5.97 Å². The summed E-state index contributed by atoms with van der Waals surface area (Å²) in [6, 6.07) is 0. The molecule has 1 fully saturated rings. The van der Waals surface area contributed by atoms with Gasteiger partial charge in [-0.05, 0) is 27.8 Å². The van der Waals surface area contributed by atoms with E-state index in [1.54, 1.807) is 0 Å². The molecule has 0 amide bonds. The third-order valence-electron chi connectivity index (χ3n) is 3.33. The molecule has 16 heavy (non-hydrogen) atoms. The fourth-order valence-electron chi connectivity index (χ4n) is 2.01. The molecule has 0 radical (unpaired) electrons. The van der Waals surface area contributed by atoms with Gasteiger partial charge in [-0.1, -0.05) is 0 Å². The molecule has 0 bridgehead atoms. The molecule has 1 aliphatic heterocycles. The van der Waals surface area contributed by atoms with Crippen LogP contribution in [0.4, 0.5) is 0 Å². The van der Waals surface area contributed by atoms with Crippen LogP contribution in [0.2, 0.25) is 0 Å². The fraction of sp³-hybridized carbons (Fsp3) is 0.917. The zero-order chi connectivity index (χ0) is 12.2. The standard InChI is InChI=1S/C12H24N2O2/c1-5-16-11(15)6-7-14-9-8-13(4)12(2,3)10-14/h5-10H2,1-4H3. The largest absolute Gasteiger partial charge is 0.466 e. The maximum Gasteiger partial charge on any atom is 0.307 e. The maximum absolute atomic E-state index is 11.3. The first-order valence-corrected chi connectivity index (χ1v) is 6.05. The third-order valence-corrected chi connectivity index (χ3v) is 3.33. The van der Waals surface area contributed by atoms with Crippen molar-refractivity contribution in [2.45, 2.75) is 32.7 Å². The Kier molecular flexibility index (Phi) is 4.74. The average molecular weight is 228 g/mol. The van der Waals surface area contributed by atoms with E-state index in [0.29, 0.717) is 13.0 Å². The molecule has 0 atom stereocenters. The molecule has 4 heteroatoms. The van der Waals surface area contributed by atoms with Crippen LogP contribution in [-0.2, 0) is 9.53 Å². The summed E-state index contributed by atoms with van der Waals surface area (Å²) in [4.78, 5) is 16.0. The Morgan fingerprint density at radius 2 is 2.06 bits per heavy atom. The van der Waals surface area contributed by atoms with E-state index in [0.717, 1.165) is 26.2 Å². The Morgan fingerprint density at radius 3 is 2.62 bits per heavy atom. The van der Waals surface area contributed by atoms with Crippen molar-refractivity contribution >= 4 is 5.97 Å². The van der Waals surface area contributed by atoms with Crippen molar-refractivity contribution in [2.75, 3.05) is 39.8 Å². The zero-order valence-electron chi connectivity index (χ0n) is 11.0. The molecule has 0 aromatic rings. The Bertz CT molecular complexity index is 241. The van der Waals surface area contributed by atoms with Crippen molar-refractivity contribution in [1.82, 2.24) is 9.80 Å². The van der Waals surface area contributed by atoms with E-state index in [9.17, 15) is 4.79 Å². The molecule has 1 heterocycles. The lowest BCUT2D eigenvalue weighted by Crippen LogP contribution is -2.57. The summed E-state index contributed by atoms with van der Waals surface area (Å²) in [6.07, 6.45) is 0.508. The van der Waals surface area contributed by atoms with Crippen molar-refractivity contribution in [3.63, 3.8) is 0 Å². The summed E-state index contributed by atoms with van der Waals surface area (Å²) in [5.74, 6) is -0.0840. The quantitative estimate of drug-likeness (QED) is 0.671. The van der Waals surface area contributed by atoms with E-state index in [4.69, 9.17) is 4.74 Å². The monoisotopic (exact) mass is 228 g/mol. The van der Waals surface area contributed by atoms with Gasteiger partial charge in [0, 0.05) is 31.7 Å². The van der Waals surface area contributed by atoms with Crippen LogP contribution in [0.3, 0.4) is 0 Å². The second-order valence-electron chi connectivity index (χ2n) is 5.07. The Morgan fingerprint density at radius 1 is 1.38 bits per heavy atom. The van der Waals surface area contributed by atoms with Crippen molar-refractivity contribution in [2.24, 2.45) is 0 Å². The Hall–Kier alpha value is -0.610. The van der Waals surface area contributed by atoms with Crippen LogP contribution in [0.25, 0.3) is 0 Å². The van der Waals surface area contributed by atoms with E-state index in [1.165, 1.54) is 0 Å². The van der Waals surface area contributed by atoms with Gasteiger partial charge in [-0.2, -0.15) is 0 Å². The van der Waals surface area contributed by atoms with Crippen LogP contribution < -0.4 is 0 Å². The first-order valence-electron chi connectivity index (χ1n) is 6.05. The number of esters is 1. The van der Waals surface area contributed by atoms with E-state index in [1.807, 2.05) is 6.92 Å². The Labute approximate surface area is 98.5 Å². The first kappa shape index (κ1) is 13.5. The SMILES string of the molecule is CCOC(=O)CCN1CCN(C)C(C)(C)C1. The lowest BCUT2D eigenvalue weighted by molar-refractivity contribution is -0.143. The number of nitrogens with zero attached hydrogens (tertiary/aromatic N) is 2. The molecule has 0 aromatic heterocycles. The number of ether oxygens (including phenoxy) is 1. The molecule has 0 unspecified atom stereocenters. The van der Waals surface area contributed by atoms with Gasteiger partial charge in [0.25, 0.3) is 0 Å². The van der Waals surface area contributed by atoms with E-state index < -0.39 is 0 Å². The average Bonchev–Trinajstić information content (AvgIpc) is 2.20. The number of carbonyl (C=O) groups is 1. The smallest absolute Gasteiger partial charge is 0.307 e. The van der Waals surface area contributed by atoms with Gasteiger partial charge in [-0.3, -0.25) is 14.6 Å². The van der Waals surface area contributed by atoms with E-state index in [-0.39, 0.29) is 11.5 Å². The van der Waals surface area contributed by atoms with Crippen LogP contribution in [0, 0.1) is 0 Å². The predicted molar refractivity (Wildman–Crippen MR) is 64.4 cm³/mol. The second kappa shape index (κ2) is 5.64. The topological polar surface area (TPSA) is 32.8 Å². The van der Waals surface area contributed by atoms with E-state index in [2.05, 4.69) is 30.7 Å². The summed E-state index contributed by atoms with van der Waals surface area (Å²) in [7, 11) is 2.16. The highest BCUT2D eigenvalue weighted by molar-refractivity contribution is 5.69. The normalized spacial score (nSPS) is 22.0. The number of hydrogen-bond donors (Lipinski definition) is 0. The van der Waals surface area contributed by atoms with Gasteiger partial charge < -0.3 is 4.74 Å². The molecular formula is C12H24N2O2. The van der Waals surface area contributed by atoms with E-state index >= 15 is 0 Å². The highest BCUT2D eigenvalue weighted by atomic mass is 16.5. The van der Waals surface area contributed by atoms with Crippen molar-refractivity contribution < 1.29 is 9.53 Å². The highest BCUT2D eigenvalue weighted by Crippen LogP contribution is 2.18. The minimum absolute atomic E-state index is 0.0840. The highest BCUT2D eigenvalue weighted by Gasteiger charge is 2.30. The summed E-state index contributed by atoms with van der Waals surface area (Å²) in [5.41, 5.74) is 0.201. The maximum atomic E-state index is 11.3. The van der Waals surface area contributed by atoms with Crippen molar-refractivity contribution in [1.29, 1.82) is 0 Å². The summed E-state index contributed by atoms with van der Waals surface area (Å²) in [5, 5.41) is 0. The molecule has 0 aliphatic carbocycles. The fourth-order valence-corrected chi connectivity index (χ4v) is 2.01. The van der Waals surface area contributed by atoms with Crippen LogP contribution in [0.5, 0.6) is 0 Å². The number of carbonyl (C=O) groups excluding carboxylic acids is 1. The number of piperazine rings is 1. The molecule has 4 nitrogen and oxygen atoms in total. The summed E-state index contributed by atoms with van der Waals surface area (Å²) in [6.45, 7) is 10.7. The van der Waals surface area contributed by atoms with Gasteiger partial charge in [0.1, 0.15) is 0 Å². The molecule has 0 N–H and O–H groups in total. The van der Waals surface area contributed by atoms with Gasteiger partial charge in [-0.15, -0.1) is 0 Å². The molecule has 0 spiro atoms. The van der Waals surface area contributed by atoms with Gasteiger partial charge in [0.2, 0.25) is 0 Å². The number of likely N-dealkylation sites (N-methyl/N-ethyl adjacent to an activating group) is 1. The van der Waals surface area contributed by atoms with Crippen molar-refractivity contribution in [3.05, 3.63) is 0 Å². The minimum atomic E-state index is -0.0840. The van der Waals surface area contributed by atoms with Gasteiger partial charge in [0.05, 0.1) is 13.0 Å². The molecular weight excluding hydrogens is 204 g/mol. The Balaban J connectivity index is 2.31. The lowest BCUT2D eigenvalue weighted by Gasteiger charge is -2.45. The third kappa shape index (κ3) is 3.76. The number of rotatable bonds is 4. The summed E-state index contributed by atoms with van der Waals surface area (Å²) < 4.78 is 4.93. The molecule has 1 saturated heterocycles. The lowest BCUT2D eigenvalue weighted by atomic mass is 10.00. The molecule has 0 saturated carbocycles. The number of hydrogen-bond acceptors (Lipinski definition) is 4. The molecule has 0 aromatic carbocycles. The predicted octanol–water partition coefficient (Wildman–Crippen LogP) is 0.966. The summed E-state index contributed by atoms with van der Waals surface area (Å²) >= 11 is 0. The van der Waals surface area contributed by atoms with Crippen LogP contribution >= 0.6 is 0 Å². The van der Waals surface area contributed by atoms with Crippen LogP contribution in [0.15, 0.2) is 0 Å². The van der Waals surface area contributed by atoms with Crippen molar-refractivity contribution in [3.8, 4) is 0 Å². The molecule has 94 valence electrons. The van der Waals surface area contributed by atoms with Crippen LogP contribution in [-0.4, -0.2) is 61.1 Å². The first-order chi connectivity index (χ1) is 7.45. The zero-order valence-corrected chi connectivity index (χ0v) is 11.0. The van der Waals surface area contributed by atoms with Crippen LogP contribution in [0.1, 0.15) is 27.2 Å². The molecule has 1 aliphatic rings. The second-order valence-corrected chi connectivity index (χ2v) is 5.07. The van der Waals surface area contributed by atoms with Gasteiger partial charge in [0.15, 0.2) is 0 Å². The molecule has 1 rings (SSSR count).